The molecule has 8 nitrogen and oxygen atoms in total. The van der Waals surface area contributed by atoms with Crippen molar-refractivity contribution in [1.82, 2.24) is 24.8 Å². The van der Waals surface area contributed by atoms with Crippen molar-refractivity contribution < 1.29 is 18.6 Å². The monoisotopic (exact) mass is 592 g/mol. The number of pyridine rings is 1. The molecule has 1 aromatic carbocycles. The molecule has 10 heteroatoms. The number of ether oxygens (including phenoxy) is 1. The topological polar surface area (TPSA) is 86.6 Å². The Kier molecular flexibility index (Phi) is 7.20. The van der Waals surface area contributed by atoms with Crippen LogP contribution in [0.5, 0.6) is 11.8 Å². The predicted molar refractivity (Wildman–Crippen MR) is 163 cm³/mol. The normalized spacial score (nSPS) is 26.4. The van der Waals surface area contributed by atoms with Crippen LogP contribution in [0.3, 0.4) is 0 Å². The number of alkyl halides is 1. The first kappa shape index (κ1) is 28.6. The fourth-order valence-electron chi connectivity index (χ4n) is 8.11. The van der Waals surface area contributed by atoms with E-state index >= 15 is 4.39 Å². The molecule has 0 bridgehead atoms. The Morgan fingerprint density at radius 3 is 2.77 bits per heavy atom. The van der Waals surface area contributed by atoms with E-state index in [2.05, 4.69) is 46.1 Å². The smallest absolute Gasteiger partial charge is 0.319 e. The van der Waals surface area contributed by atoms with Crippen LogP contribution in [0.2, 0.25) is 0 Å². The van der Waals surface area contributed by atoms with Crippen molar-refractivity contribution >= 4 is 16.7 Å². The molecule has 2 aliphatic carbocycles. The zero-order chi connectivity index (χ0) is 29.9. The van der Waals surface area contributed by atoms with Crippen LogP contribution in [0.25, 0.3) is 22.2 Å². The van der Waals surface area contributed by atoms with Crippen molar-refractivity contribution in [1.29, 1.82) is 0 Å². The number of phenolic OH excluding ortho intramolecular Hbond substituents is 1. The Morgan fingerprint density at radius 2 is 2.00 bits per heavy atom. The lowest BCUT2D eigenvalue weighted by Gasteiger charge is -2.47. The highest BCUT2D eigenvalue weighted by Crippen LogP contribution is 2.43. The Labute approximate surface area is 251 Å². The van der Waals surface area contributed by atoms with Gasteiger partial charge in [0.2, 0.25) is 0 Å². The van der Waals surface area contributed by atoms with Gasteiger partial charge < -0.3 is 20.1 Å². The summed E-state index contributed by atoms with van der Waals surface area (Å²) < 4.78 is 37.3. The fourth-order valence-corrected chi connectivity index (χ4v) is 8.11. The molecular formula is C33H42F2N6O2. The van der Waals surface area contributed by atoms with E-state index in [9.17, 15) is 9.50 Å². The van der Waals surface area contributed by atoms with Gasteiger partial charge in [0, 0.05) is 36.8 Å². The Hall–Kier alpha value is -3.11. The summed E-state index contributed by atoms with van der Waals surface area (Å²) in [6, 6.07) is 3.49. The minimum Gasteiger partial charge on any atom is -0.508 e. The van der Waals surface area contributed by atoms with E-state index in [0.29, 0.717) is 36.3 Å². The molecule has 7 rings (SSSR count). The van der Waals surface area contributed by atoms with Gasteiger partial charge in [0.1, 0.15) is 35.6 Å². The van der Waals surface area contributed by atoms with Gasteiger partial charge in [0.05, 0.1) is 10.9 Å². The summed E-state index contributed by atoms with van der Waals surface area (Å²) in [6.07, 6.45) is 9.24. The van der Waals surface area contributed by atoms with E-state index in [1.165, 1.54) is 6.42 Å². The summed E-state index contributed by atoms with van der Waals surface area (Å²) in [5, 5.41) is 14.5. The maximum atomic E-state index is 16.6. The van der Waals surface area contributed by atoms with Crippen molar-refractivity contribution in [3.05, 3.63) is 35.3 Å². The Bertz CT molecular complexity index is 1550. The molecule has 0 amide bonds. The van der Waals surface area contributed by atoms with E-state index in [-0.39, 0.29) is 46.6 Å². The molecule has 3 fully saturated rings. The summed E-state index contributed by atoms with van der Waals surface area (Å²) in [4.78, 5) is 18.4. The number of hydrogen-bond acceptors (Lipinski definition) is 8. The molecule has 2 aromatic heterocycles. The van der Waals surface area contributed by atoms with Crippen molar-refractivity contribution in [2.75, 3.05) is 45.7 Å². The molecule has 4 aliphatic rings. The van der Waals surface area contributed by atoms with Gasteiger partial charge in [-0.1, -0.05) is 6.92 Å². The molecule has 0 radical (unpaired) electrons. The second-order valence-electron chi connectivity index (χ2n) is 13.6. The molecular weight excluding hydrogens is 550 g/mol. The number of halogens is 2. The fraction of sp³-hybridized carbons (Fsp3) is 0.606. The third kappa shape index (κ3) is 4.90. The molecule has 3 atom stereocenters. The molecule has 2 aliphatic heterocycles. The summed E-state index contributed by atoms with van der Waals surface area (Å²) in [5.41, 5.74) is 2.62. The lowest BCUT2D eigenvalue weighted by Crippen LogP contribution is -2.54. The van der Waals surface area contributed by atoms with Crippen LogP contribution in [0.15, 0.2) is 18.3 Å². The number of nitrogens with zero attached hydrogens (tertiary/aromatic N) is 5. The zero-order valence-electron chi connectivity index (χ0n) is 25.4. The standard InChI is InChI=1S/C33H42F2N6O2/c1-20-7-4-8-21-13-23(42)14-24(26(20)21)28-27(35)29-25(16-36-28)30(37-18-32(40(2)3)9-5-10-32)39-31(38-29)43-19-33-11-6-12-41(33)17-22(34)15-33/h13-14,16,20,22,42H,4-12,15,17-19H2,1-3H3,(H,37,38,39)/t20?,22-,33+/m1/s1. The Balaban J connectivity index is 1.30. The first-order valence-electron chi connectivity index (χ1n) is 15.8. The van der Waals surface area contributed by atoms with Crippen LogP contribution in [0.4, 0.5) is 14.6 Å². The second-order valence-corrected chi connectivity index (χ2v) is 13.6. The van der Waals surface area contributed by atoms with Gasteiger partial charge in [0.15, 0.2) is 5.82 Å². The predicted octanol–water partition coefficient (Wildman–Crippen LogP) is 5.83. The summed E-state index contributed by atoms with van der Waals surface area (Å²) in [5.74, 6) is 0.250. The number of phenols is 1. The third-order valence-corrected chi connectivity index (χ3v) is 10.8. The van der Waals surface area contributed by atoms with Gasteiger partial charge in [-0.3, -0.25) is 9.88 Å². The van der Waals surface area contributed by atoms with Crippen LogP contribution < -0.4 is 10.1 Å². The van der Waals surface area contributed by atoms with E-state index in [1.54, 1.807) is 18.3 Å². The number of aromatic hydroxyl groups is 1. The molecule has 1 unspecified atom stereocenters. The van der Waals surface area contributed by atoms with Crippen LogP contribution in [-0.4, -0.2) is 87.4 Å². The van der Waals surface area contributed by atoms with Gasteiger partial charge in [0.25, 0.3) is 0 Å². The van der Waals surface area contributed by atoms with Crippen LogP contribution in [0, 0.1) is 5.82 Å². The quantitative estimate of drug-likeness (QED) is 0.338. The SMILES string of the molecule is CC1CCCc2cc(O)cc(-c3ncc4c(NCC5(N(C)C)CCC5)nc(OC[C@@]56CCCN5C[C@H](F)C6)nc4c3F)c21. The Morgan fingerprint density at radius 1 is 1.16 bits per heavy atom. The van der Waals surface area contributed by atoms with E-state index in [0.717, 1.165) is 62.6 Å². The van der Waals surface area contributed by atoms with Gasteiger partial charge in [-0.15, -0.1) is 0 Å². The highest BCUT2D eigenvalue weighted by molar-refractivity contribution is 5.92. The van der Waals surface area contributed by atoms with Crippen molar-refractivity contribution in [2.45, 2.75) is 87.9 Å². The van der Waals surface area contributed by atoms with Crippen molar-refractivity contribution in [3.8, 4) is 23.0 Å². The maximum absolute atomic E-state index is 16.6. The first-order valence-corrected chi connectivity index (χ1v) is 15.8. The summed E-state index contributed by atoms with van der Waals surface area (Å²) in [6.45, 7) is 4.34. The number of likely N-dealkylation sites (N-methyl/N-ethyl adjacent to an activating group) is 1. The van der Waals surface area contributed by atoms with Crippen molar-refractivity contribution in [2.24, 2.45) is 0 Å². The van der Waals surface area contributed by atoms with Gasteiger partial charge >= 0.3 is 6.01 Å². The zero-order valence-corrected chi connectivity index (χ0v) is 25.4. The number of benzene rings is 1. The van der Waals surface area contributed by atoms with Gasteiger partial charge in [-0.2, -0.15) is 9.97 Å². The molecule has 4 heterocycles. The van der Waals surface area contributed by atoms with Gasteiger partial charge in [-0.25, -0.2) is 8.78 Å². The van der Waals surface area contributed by atoms with Crippen LogP contribution in [0.1, 0.15) is 75.3 Å². The van der Waals surface area contributed by atoms with E-state index < -0.39 is 12.0 Å². The minimum atomic E-state index is -0.870. The number of aryl methyl sites for hydroxylation is 1. The third-order valence-electron chi connectivity index (χ3n) is 10.8. The minimum absolute atomic E-state index is 0.00424. The number of anilines is 1. The molecule has 43 heavy (non-hydrogen) atoms. The largest absolute Gasteiger partial charge is 0.508 e. The first-order chi connectivity index (χ1) is 20.7. The second kappa shape index (κ2) is 10.8. The highest BCUT2D eigenvalue weighted by atomic mass is 19.1. The lowest BCUT2D eigenvalue weighted by atomic mass is 9.75. The number of nitrogens with one attached hydrogen (secondary N) is 1. The number of fused-ring (bicyclic) bond motifs is 3. The van der Waals surface area contributed by atoms with Gasteiger partial charge in [-0.05, 0) is 101 Å². The number of hydrogen-bond donors (Lipinski definition) is 2. The lowest BCUT2D eigenvalue weighted by molar-refractivity contribution is 0.0738. The molecule has 1 saturated carbocycles. The highest BCUT2D eigenvalue weighted by Gasteiger charge is 2.49. The molecule has 3 aromatic rings. The van der Waals surface area contributed by atoms with E-state index in [4.69, 9.17) is 9.72 Å². The van der Waals surface area contributed by atoms with Crippen LogP contribution in [-0.2, 0) is 6.42 Å². The van der Waals surface area contributed by atoms with Crippen LogP contribution >= 0.6 is 0 Å². The molecule has 2 saturated heterocycles. The van der Waals surface area contributed by atoms with Crippen molar-refractivity contribution in [3.63, 3.8) is 0 Å². The van der Waals surface area contributed by atoms with E-state index in [1.807, 2.05) is 0 Å². The average Bonchev–Trinajstić information content (AvgIpc) is 3.47. The molecule has 0 spiro atoms. The number of rotatable bonds is 8. The average molecular weight is 593 g/mol. The molecule has 2 N–H and O–H groups in total. The maximum Gasteiger partial charge on any atom is 0.319 e. The molecule has 230 valence electrons. The summed E-state index contributed by atoms with van der Waals surface area (Å²) in [7, 11) is 4.18. The number of aromatic nitrogens is 3. The summed E-state index contributed by atoms with van der Waals surface area (Å²) >= 11 is 0.